The largest absolute Gasteiger partial charge is 0.241 e. The van der Waals surface area contributed by atoms with Gasteiger partial charge in [0, 0.05) is 5.41 Å². The highest BCUT2D eigenvalue weighted by molar-refractivity contribution is 7.12. The summed E-state index contributed by atoms with van der Waals surface area (Å²) in [4.78, 5) is 5.99. The summed E-state index contributed by atoms with van der Waals surface area (Å²) >= 11 is 1.81. The van der Waals surface area contributed by atoms with Gasteiger partial charge in [0.25, 0.3) is 0 Å². The maximum atomic E-state index is 4.70. The van der Waals surface area contributed by atoms with Gasteiger partial charge in [0.05, 0.1) is 15.6 Å². The molecule has 0 aliphatic heterocycles. The molecule has 1 aliphatic carbocycles. The topological polar surface area (TPSA) is 12.9 Å². The van der Waals surface area contributed by atoms with Crippen LogP contribution in [0, 0.1) is 5.92 Å². The maximum Gasteiger partial charge on any atom is 0.0992 e. The van der Waals surface area contributed by atoms with Gasteiger partial charge in [-0.15, -0.1) is 11.3 Å². The normalized spacial score (nSPS) is 20.1. The second kappa shape index (κ2) is 3.60. The van der Waals surface area contributed by atoms with Gasteiger partial charge in [-0.1, -0.05) is 39.8 Å². The number of nitrogens with zero attached hydrogens (tertiary/aromatic N) is 1. The van der Waals surface area contributed by atoms with Gasteiger partial charge in [0.15, 0.2) is 0 Å². The molecule has 80 valence electrons. The molecule has 1 aromatic heterocycles. The Balaban J connectivity index is 2.44. The lowest BCUT2D eigenvalue weighted by Crippen LogP contribution is -2.10. The predicted molar refractivity (Wildman–Crippen MR) is 68.0 cm³/mol. The van der Waals surface area contributed by atoms with Gasteiger partial charge in [0.2, 0.25) is 0 Å². The van der Waals surface area contributed by atoms with Gasteiger partial charge < -0.3 is 0 Å². The number of thiazole rings is 1. The first-order valence-electron chi connectivity index (χ1n) is 5.34. The summed E-state index contributed by atoms with van der Waals surface area (Å²) in [6.07, 6.45) is 8.78. The fourth-order valence-corrected chi connectivity index (χ4v) is 2.47. The molecule has 2 rings (SSSR count). The Morgan fingerprint density at radius 1 is 1.20 bits per heavy atom. The predicted octanol–water partition coefficient (Wildman–Crippen LogP) is 4.12. The van der Waals surface area contributed by atoms with Gasteiger partial charge in [-0.05, 0) is 18.1 Å². The third-order valence-electron chi connectivity index (χ3n) is 2.43. The van der Waals surface area contributed by atoms with Crippen molar-refractivity contribution in [3.8, 4) is 0 Å². The standard InChI is InChI=1S/C13H17NS/c1-9-5-7-10-11(8-6-9)15-12(14-10)13(2,3)4/h5-9H,1-4H3. The number of aromatic nitrogens is 1. The van der Waals surface area contributed by atoms with Crippen molar-refractivity contribution >= 4 is 23.5 Å². The van der Waals surface area contributed by atoms with Crippen molar-refractivity contribution < 1.29 is 0 Å². The first-order chi connectivity index (χ1) is 6.97. The average molecular weight is 219 g/mol. The summed E-state index contributed by atoms with van der Waals surface area (Å²) in [6, 6.07) is 0. The molecule has 1 aliphatic rings. The van der Waals surface area contributed by atoms with E-state index < -0.39 is 0 Å². The van der Waals surface area contributed by atoms with Crippen molar-refractivity contribution in [1.82, 2.24) is 4.98 Å². The molecule has 0 fully saturated rings. The van der Waals surface area contributed by atoms with Crippen LogP contribution in [0.1, 0.15) is 43.3 Å². The highest BCUT2D eigenvalue weighted by atomic mass is 32.1. The minimum absolute atomic E-state index is 0.157. The lowest BCUT2D eigenvalue weighted by molar-refractivity contribution is 0.585. The SMILES string of the molecule is CC1C=Cc2nc(C(C)(C)C)sc2C=C1. The van der Waals surface area contributed by atoms with Gasteiger partial charge in [-0.3, -0.25) is 0 Å². The Hall–Kier alpha value is -0.890. The van der Waals surface area contributed by atoms with Crippen LogP contribution in [-0.4, -0.2) is 4.98 Å². The summed E-state index contributed by atoms with van der Waals surface area (Å²) in [5.41, 5.74) is 1.29. The zero-order valence-corrected chi connectivity index (χ0v) is 10.6. The van der Waals surface area contributed by atoms with Crippen LogP contribution in [0.2, 0.25) is 0 Å². The Morgan fingerprint density at radius 3 is 2.53 bits per heavy atom. The molecule has 0 saturated carbocycles. The van der Waals surface area contributed by atoms with Crippen LogP contribution in [0.15, 0.2) is 12.2 Å². The Labute approximate surface area is 95.6 Å². The molecule has 1 aromatic rings. The molecule has 1 heterocycles. The number of hydrogen-bond donors (Lipinski definition) is 0. The van der Waals surface area contributed by atoms with Crippen molar-refractivity contribution in [2.75, 3.05) is 0 Å². The van der Waals surface area contributed by atoms with E-state index in [2.05, 4.69) is 52.0 Å². The van der Waals surface area contributed by atoms with Crippen LogP contribution in [-0.2, 0) is 5.41 Å². The summed E-state index contributed by atoms with van der Waals surface area (Å²) in [6.45, 7) is 8.82. The third kappa shape index (κ3) is 2.20. The van der Waals surface area contributed by atoms with Crippen LogP contribution in [0.4, 0.5) is 0 Å². The van der Waals surface area contributed by atoms with Crippen molar-refractivity contribution in [2.24, 2.45) is 5.92 Å². The van der Waals surface area contributed by atoms with E-state index in [0.717, 1.165) is 5.69 Å². The minimum Gasteiger partial charge on any atom is -0.241 e. The first kappa shape index (κ1) is 10.6. The van der Waals surface area contributed by atoms with E-state index in [1.165, 1.54) is 9.88 Å². The van der Waals surface area contributed by atoms with Crippen molar-refractivity contribution in [3.63, 3.8) is 0 Å². The van der Waals surface area contributed by atoms with Crippen molar-refractivity contribution in [3.05, 3.63) is 27.7 Å². The lowest BCUT2D eigenvalue weighted by Gasteiger charge is -2.13. The van der Waals surface area contributed by atoms with Crippen LogP contribution in [0.25, 0.3) is 12.2 Å². The van der Waals surface area contributed by atoms with Crippen LogP contribution in [0.5, 0.6) is 0 Å². The number of allylic oxidation sites excluding steroid dienone is 2. The molecule has 0 bridgehead atoms. The molecule has 0 N–H and O–H groups in total. The molecule has 0 aromatic carbocycles. The summed E-state index contributed by atoms with van der Waals surface area (Å²) in [5, 5.41) is 1.22. The molecule has 1 atom stereocenters. The number of rotatable bonds is 0. The van der Waals surface area contributed by atoms with E-state index in [1.54, 1.807) is 0 Å². The molecule has 0 saturated heterocycles. The zero-order chi connectivity index (χ0) is 11.1. The molecular weight excluding hydrogens is 202 g/mol. The molecular formula is C13H17NS. The molecule has 2 heteroatoms. The first-order valence-corrected chi connectivity index (χ1v) is 6.16. The van der Waals surface area contributed by atoms with Crippen molar-refractivity contribution in [1.29, 1.82) is 0 Å². The second-order valence-electron chi connectivity index (χ2n) is 5.10. The molecule has 0 amide bonds. The van der Waals surface area contributed by atoms with E-state index in [0.29, 0.717) is 5.92 Å². The Bertz CT molecular complexity index is 387. The monoisotopic (exact) mass is 219 g/mol. The van der Waals surface area contributed by atoms with E-state index in [4.69, 9.17) is 4.98 Å². The zero-order valence-electron chi connectivity index (χ0n) is 9.74. The number of hydrogen-bond acceptors (Lipinski definition) is 2. The Morgan fingerprint density at radius 2 is 1.87 bits per heavy atom. The third-order valence-corrected chi connectivity index (χ3v) is 3.89. The van der Waals surface area contributed by atoms with E-state index >= 15 is 0 Å². The quantitative estimate of drug-likeness (QED) is 0.639. The highest BCUT2D eigenvalue weighted by Crippen LogP contribution is 2.32. The maximum absolute atomic E-state index is 4.70. The van der Waals surface area contributed by atoms with E-state index in [-0.39, 0.29) is 5.41 Å². The fourth-order valence-electron chi connectivity index (χ4n) is 1.45. The highest BCUT2D eigenvalue weighted by Gasteiger charge is 2.20. The summed E-state index contributed by atoms with van der Waals surface area (Å²) in [5.74, 6) is 0.518. The van der Waals surface area contributed by atoms with Crippen molar-refractivity contribution in [2.45, 2.75) is 33.1 Å². The second-order valence-corrected chi connectivity index (χ2v) is 6.13. The minimum atomic E-state index is 0.157. The molecule has 0 spiro atoms. The van der Waals surface area contributed by atoms with Gasteiger partial charge in [-0.25, -0.2) is 4.98 Å². The van der Waals surface area contributed by atoms with Gasteiger partial charge >= 0.3 is 0 Å². The van der Waals surface area contributed by atoms with Gasteiger partial charge in [0.1, 0.15) is 0 Å². The van der Waals surface area contributed by atoms with E-state index in [9.17, 15) is 0 Å². The van der Waals surface area contributed by atoms with Crippen LogP contribution in [0.3, 0.4) is 0 Å². The summed E-state index contributed by atoms with van der Waals surface area (Å²) in [7, 11) is 0. The van der Waals surface area contributed by atoms with Gasteiger partial charge in [-0.2, -0.15) is 0 Å². The molecule has 0 radical (unpaired) electrons. The molecule has 1 unspecified atom stereocenters. The summed E-state index contributed by atoms with van der Waals surface area (Å²) < 4.78 is 0. The molecule has 15 heavy (non-hydrogen) atoms. The number of fused-ring (bicyclic) bond motifs is 1. The average Bonchev–Trinajstić information content (AvgIpc) is 2.47. The fraction of sp³-hybridized carbons (Fsp3) is 0.462. The van der Waals surface area contributed by atoms with Crippen LogP contribution < -0.4 is 0 Å². The van der Waals surface area contributed by atoms with Crippen LogP contribution >= 0.6 is 11.3 Å². The Kier molecular flexibility index (Phi) is 2.55. The van der Waals surface area contributed by atoms with E-state index in [1.807, 2.05) is 11.3 Å². The lowest BCUT2D eigenvalue weighted by atomic mass is 9.98. The smallest absolute Gasteiger partial charge is 0.0992 e. The molecule has 1 nitrogen and oxygen atoms in total.